The van der Waals surface area contributed by atoms with Crippen LogP contribution in [0.5, 0.6) is 0 Å². The van der Waals surface area contributed by atoms with Crippen molar-refractivity contribution in [2.45, 2.75) is 39.0 Å². The number of unbranched alkanes of at least 4 members (excludes halogenated alkanes) is 3. The predicted molar refractivity (Wildman–Crippen MR) is 55.7 cm³/mol. The quantitative estimate of drug-likeness (QED) is 0.392. The third-order valence-electron chi connectivity index (χ3n) is 1.87. The Hall–Kier alpha value is -0.600. The zero-order chi connectivity index (χ0) is 11.0. The van der Waals surface area contributed by atoms with Crippen LogP contribution >= 0.6 is 8.03 Å². The summed E-state index contributed by atoms with van der Waals surface area (Å²) in [7, 11) is -2.81. The normalized spacial score (nSPS) is 14.0. The fourth-order valence-electron chi connectivity index (χ4n) is 1.13. The van der Waals surface area contributed by atoms with E-state index in [1.165, 1.54) is 0 Å². The molecule has 0 aliphatic carbocycles. The van der Waals surface area contributed by atoms with Gasteiger partial charge < -0.3 is 10.00 Å². The largest absolute Gasteiger partial charge is 0.478 e. The second kappa shape index (κ2) is 7.77. The molecule has 0 rings (SSSR count). The van der Waals surface area contributed by atoms with E-state index in [-0.39, 0.29) is 5.57 Å². The number of aliphatic carboxylic acids is 1. The van der Waals surface area contributed by atoms with Crippen molar-refractivity contribution in [2.75, 3.05) is 0 Å². The number of carbonyl (C=O) groups is 1. The van der Waals surface area contributed by atoms with Gasteiger partial charge in [-0.05, 0) is 12.8 Å². The summed E-state index contributed by atoms with van der Waals surface area (Å²) < 4.78 is 10.4. The van der Waals surface area contributed by atoms with E-state index in [2.05, 4.69) is 6.92 Å². The van der Waals surface area contributed by atoms with Crippen LogP contribution in [-0.4, -0.2) is 16.0 Å². The summed E-state index contributed by atoms with van der Waals surface area (Å²) in [5.41, 5.74) is 0.0625. The molecule has 1 unspecified atom stereocenters. The number of hydrogen-bond donors (Lipinski definition) is 2. The fourth-order valence-corrected chi connectivity index (χ4v) is 1.70. The molecule has 2 N–H and O–H groups in total. The standard InChI is InChI=1S/C9H17O4P/c1-2-3-4-5-6-8(9(10)11)7-14(12)13/h7,14H,2-6H2,1H3,(H,10,11)(H,12,13). The minimum absolute atomic E-state index is 0.0625. The van der Waals surface area contributed by atoms with Gasteiger partial charge in [-0.3, -0.25) is 4.57 Å². The van der Waals surface area contributed by atoms with Gasteiger partial charge in [0.05, 0.1) is 0 Å². The molecule has 0 fully saturated rings. The average molecular weight is 220 g/mol. The summed E-state index contributed by atoms with van der Waals surface area (Å²) >= 11 is 0. The highest BCUT2D eigenvalue weighted by molar-refractivity contribution is 7.41. The van der Waals surface area contributed by atoms with Crippen molar-refractivity contribution in [3.8, 4) is 0 Å². The Balaban J connectivity index is 3.99. The van der Waals surface area contributed by atoms with E-state index in [0.29, 0.717) is 6.42 Å². The van der Waals surface area contributed by atoms with E-state index in [4.69, 9.17) is 10.00 Å². The smallest absolute Gasteiger partial charge is 0.331 e. The van der Waals surface area contributed by atoms with Crippen LogP contribution < -0.4 is 0 Å². The number of carboxylic acid groups (broad SMARTS) is 1. The molecule has 0 bridgehead atoms. The van der Waals surface area contributed by atoms with Gasteiger partial charge in [0, 0.05) is 11.4 Å². The van der Waals surface area contributed by atoms with E-state index in [1.807, 2.05) is 0 Å². The Kier molecular flexibility index (Phi) is 7.44. The summed E-state index contributed by atoms with van der Waals surface area (Å²) in [5, 5.41) is 8.68. The lowest BCUT2D eigenvalue weighted by Gasteiger charge is -2.00. The first-order valence-electron chi connectivity index (χ1n) is 4.74. The Labute approximate surface area is 84.5 Å². The van der Waals surface area contributed by atoms with E-state index in [1.54, 1.807) is 0 Å². The zero-order valence-corrected chi connectivity index (χ0v) is 9.32. The Morgan fingerprint density at radius 3 is 2.43 bits per heavy atom. The van der Waals surface area contributed by atoms with Gasteiger partial charge in [0.2, 0.25) is 8.03 Å². The number of carboxylic acids is 1. The topological polar surface area (TPSA) is 74.6 Å². The van der Waals surface area contributed by atoms with Crippen LogP contribution in [0.4, 0.5) is 0 Å². The second-order valence-electron chi connectivity index (χ2n) is 3.12. The molecule has 0 aliphatic rings. The Bertz CT molecular complexity index is 235. The summed E-state index contributed by atoms with van der Waals surface area (Å²) in [5.74, 6) is -0.132. The van der Waals surface area contributed by atoms with Gasteiger partial charge in [0.1, 0.15) is 0 Å². The highest BCUT2D eigenvalue weighted by Crippen LogP contribution is 2.21. The third kappa shape index (κ3) is 6.87. The summed E-state index contributed by atoms with van der Waals surface area (Å²) in [6.45, 7) is 2.07. The maximum atomic E-state index is 10.6. The molecule has 82 valence electrons. The van der Waals surface area contributed by atoms with Crippen LogP contribution in [0.2, 0.25) is 0 Å². The lowest BCUT2D eigenvalue weighted by atomic mass is 10.1. The first kappa shape index (κ1) is 13.4. The molecule has 0 spiro atoms. The lowest BCUT2D eigenvalue weighted by molar-refractivity contribution is -0.132. The van der Waals surface area contributed by atoms with Crippen LogP contribution in [-0.2, 0) is 9.36 Å². The molecule has 0 aromatic heterocycles. The van der Waals surface area contributed by atoms with Crippen molar-refractivity contribution >= 4 is 14.0 Å². The van der Waals surface area contributed by atoms with Crippen molar-refractivity contribution in [1.82, 2.24) is 0 Å². The highest BCUT2D eigenvalue weighted by atomic mass is 31.1. The maximum Gasteiger partial charge on any atom is 0.331 e. The summed E-state index contributed by atoms with van der Waals surface area (Å²) in [4.78, 5) is 19.2. The van der Waals surface area contributed by atoms with E-state index >= 15 is 0 Å². The number of rotatable bonds is 7. The molecular formula is C9H17O4P. The SMILES string of the molecule is CCCCCCC(=C[PH](=O)O)C(=O)O. The van der Waals surface area contributed by atoms with Crippen LogP contribution in [0.3, 0.4) is 0 Å². The summed E-state index contributed by atoms with van der Waals surface area (Å²) in [6.07, 6.45) is 4.27. The van der Waals surface area contributed by atoms with Gasteiger partial charge in [0.15, 0.2) is 0 Å². The third-order valence-corrected chi connectivity index (χ3v) is 2.47. The lowest BCUT2D eigenvalue weighted by Crippen LogP contribution is -1.99. The Morgan fingerprint density at radius 1 is 1.36 bits per heavy atom. The van der Waals surface area contributed by atoms with Crippen molar-refractivity contribution in [2.24, 2.45) is 0 Å². The van der Waals surface area contributed by atoms with E-state index in [0.717, 1.165) is 31.5 Å². The molecule has 0 saturated heterocycles. The van der Waals surface area contributed by atoms with Gasteiger partial charge in [-0.25, -0.2) is 4.79 Å². The first-order valence-corrected chi connectivity index (χ1v) is 6.18. The van der Waals surface area contributed by atoms with Crippen LogP contribution in [0.25, 0.3) is 0 Å². The van der Waals surface area contributed by atoms with Crippen molar-refractivity contribution in [1.29, 1.82) is 0 Å². The minimum atomic E-state index is -2.81. The van der Waals surface area contributed by atoms with Crippen LogP contribution in [0, 0.1) is 0 Å². The molecule has 14 heavy (non-hydrogen) atoms. The molecule has 0 amide bonds. The maximum absolute atomic E-state index is 10.6. The highest BCUT2D eigenvalue weighted by Gasteiger charge is 2.07. The fraction of sp³-hybridized carbons (Fsp3) is 0.667. The number of hydrogen-bond acceptors (Lipinski definition) is 2. The monoisotopic (exact) mass is 220 g/mol. The van der Waals surface area contributed by atoms with E-state index < -0.39 is 14.0 Å². The molecule has 0 saturated carbocycles. The molecule has 1 atom stereocenters. The average Bonchev–Trinajstić information content (AvgIpc) is 2.09. The van der Waals surface area contributed by atoms with Crippen LogP contribution in [0.15, 0.2) is 11.4 Å². The van der Waals surface area contributed by atoms with Gasteiger partial charge >= 0.3 is 5.97 Å². The molecule has 4 nitrogen and oxygen atoms in total. The second-order valence-corrected chi connectivity index (χ2v) is 4.09. The zero-order valence-electron chi connectivity index (χ0n) is 8.32. The van der Waals surface area contributed by atoms with Crippen molar-refractivity contribution < 1.29 is 19.4 Å². The Morgan fingerprint density at radius 2 is 2.00 bits per heavy atom. The summed E-state index contributed by atoms with van der Waals surface area (Å²) in [6, 6.07) is 0. The molecular weight excluding hydrogens is 203 g/mol. The van der Waals surface area contributed by atoms with Gasteiger partial charge in [-0.2, -0.15) is 0 Å². The minimum Gasteiger partial charge on any atom is -0.478 e. The molecule has 0 aliphatic heterocycles. The van der Waals surface area contributed by atoms with E-state index in [9.17, 15) is 9.36 Å². The van der Waals surface area contributed by atoms with Gasteiger partial charge in [-0.1, -0.05) is 26.2 Å². The molecule has 0 heterocycles. The predicted octanol–water partition coefficient (Wildman–Crippen LogP) is 2.39. The van der Waals surface area contributed by atoms with Gasteiger partial charge in [-0.15, -0.1) is 0 Å². The molecule has 5 heteroatoms. The van der Waals surface area contributed by atoms with Gasteiger partial charge in [0.25, 0.3) is 0 Å². The van der Waals surface area contributed by atoms with Crippen molar-refractivity contribution in [3.63, 3.8) is 0 Å². The first-order chi connectivity index (χ1) is 6.57. The molecule has 0 aromatic carbocycles. The van der Waals surface area contributed by atoms with Crippen LogP contribution in [0.1, 0.15) is 39.0 Å². The molecule has 0 radical (unpaired) electrons. The van der Waals surface area contributed by atoms with Crippen molar-refractivity contribution in [3.05, 3.63) is 11.4 Å². The molecule has 0 aromatic rings.